The third-order valence-corrected chi connectivity index (χ3v) is 20.7. The summed E-state index contributed by atoms with van der Waals surface area (Å²) in [5.74, 6) is -0.514. The van der Waals surface area contributed by atoms with Crippen LogP contribution < -0.4 is 0 Å². The van der Waals surface area contributed by atoms with Crippen molar-refractivity contribution in [3.8, 4) is 0 Å². The number of aliphatic hydroxyl groups excluding tert-OH is 1. The zero-order chi connectivity index (χ0) is 72.1. The number of ether oxygens (including phenoxy) is 4. The van der Waals surface area contributed by atoms with Crippen LogP contribution in [0.4, 0.5) is 0 Å². The molecule has 582 valence electrons. The van der Waals surface area contributed by atoms with Crippen LogP contribution in [-0.4, -0.2) is 96.7 Å². The molecule has 0 aromatic carbocycles. The van der Waals surface area contributed by atoms with Crippen molar-refractivity contribution in [2.75, 3.05) is 39.6 Å². The largest absolute Gasteiger partial charge is 0.472 e. The fraction of sp³-hybridized carbons (Fsp3) is 0.949. The Morgan fingerprint density at radius 3 is 0.776 bits per heavy atom. The van der Waals surface area contributed by atoms with Gasteiger partial charge in [-0.2, -0.15) is 0 Å². The van der Waals surface area contributed by atoms with E-state index in [0.717, 1.165) is 108 Å². The number of rotatable bonds is 78. The van der Waals surface area contributed by atoms with Crippen molar-refractivity contribution in [3.63, 3.8) is 0 Å². The molecule has 0 saturated heterocycles. The highest BCUT2D eigenvalue weighted by Crippen LogP contribution is 2.45. The van der Waals surface area contributed by atoms with Crippen LogP contribution in [0.5, 0.6) is 0 Å². The Morgan fingerprint density at radius 2 is 0.520 bits per heavy atom. The van der Waals surface area contributed by atoms with Crippen molar-refractivity contribution < 1.29 is 80.2 Å². The molecular weight excluding hydrogens is 1280 g/mol. The zero-order valence-corrected chi connectivity index (χ0v) is 65.9. The Kier molecular flexibility index (Phi) is 69.3. The lowest BCUT2D eigenvalue weighted by Crippen LogP contribution is -2.30. The van der Waals surface area contributed by atoms with Crippen LogP contribution in [0.1, 0.15) is 414 Å². The summed E-state index contributed by atoms with van der Waals surface area (Å²) >= 11 is 0. The van der Waals surface area contributed by atoms with Gasteiger partial charge in [0.25, 0.3) is 0 Å². The molecule has 0 aromatic heterocycles. The Hall–Kier alpha value is -1.94. The van der Waals surface area contributed by atoms with Gasteiger partial charge < -0.3 is 33.8 Å². The Balaban J connectivity index is 5.13. The number of unbranched alkanes of at least 4 members (excludes halogenated alkanes) is 47. The van der Waals surface area contributed by atoms with E-state index >= 15 is 0 Å². The minimum atomic E-state index is -4.96. The van der Waals surface area contributed by atoms with Gasteiger partial charge in [0, 0.05) is 25.7 Å². The van der Waals surface area contributed by atoms with E-state index in [9.17, 15) is 43.2 Å². The van der Waals surface area contributed by atoms with Crippen LogP contribution >= 0.6 is 15.6 Å². The smallest absolute Gasteiger partial charge is 0.462 e. The number of carbonyl (C=O) groups is 4. The Bertz CT molecular complexity index is 1890. The van der Waals surface area contributed by atoms with Gasteiger partial charge in [0.1, 0.15) is 19.3 Å². The highest BCUT2D eigenvalue weighted by molar-refractivity contribution is 7.47. The molecule has 0 aliphatic carbocycles. The van der Waals surface area contributed by atoms with Crippen molar-refractivity contribution in [1.82, 2.24) is 0 Å². The lowest BCUT2D eigenvalue weighted by atomic mass is 9.99. The predicted molar refractivity (Wildman–Crippen MR) is 400 cm³/mol. The molecule has 6 atom stereocenters. The summed E-state index contributed by atoms with van der Waals surface area (Å²) in [5, 5.41) is 10.6. The molecule has 0 aromatic rings. The van der Waals surface area contributed by atoms with Gasteiger partial charge in [-0.1, -0.05) is 363 Å². The number of carbonyl (C=O) groups excluding carboxylic acids is 4. The fourth-order valence-electron chi connectivity index (χ4n) is 12.2. The average molecular weight is 1440 g/mol. The molecule has 0 spiro atoms. The number of hydrogen-bond acceptors (Lipinski definition) is 15. The molecule has 0 fully saturated rings. The number of hydrogen-bond donors (Lipinski definition) is 3. The Labute approximate surface area is 600 Å². The first-order chi connectivity index (χ1) is 47.4. The lowest BCUT2D eigenvalue weighted by Gasteiger charge is -2.21. The van der Waals surface area contributed by atoms with Gasteiger partial charge in [0.2, 0.25) is 0 Å². The summed E-state index contributed by atoms with van der Waals surface area (Å²) in [4.78, 5) is 72.6. The second-order valence-corrected chi connectivity index (χ2v) is 32.1. The molecule has 98 heavy (non-hydrogen) atoms. The summed E-state index contributed by atoms with van der Waals surface area (Å²) in [7, 11) is -9.91. The first kappa shape index (κ1) is 96.1. The molecule has 19 heteroatoms. The second-order valence-electron chi connectivity index (χ2n) is 29.2. The van der Waals surface area contributed by atoms with Gasteiger partial charge in [0.15, 0.2) is 12.2 Å². The third-order valence-electron chi connectivity index (χ3n) is 18.8. The molecule has 0 saturated carbocycles. The minimum absolute atomic E-state index is 0.106. The van der Waals surface area contributed by atoms with E-state index in [1.807, 2.05) is 0 Å². The van der Waals surface area contributed by atoms with E-state index < -0.39 is 97.5 Å². The first-order valence-corrected chi connectivity index (χ1v) is 44.0. The molecule has 3 N–H and O–H groups in total. The van der Waals surface area contributed by atoms with Crippen LogP contribution in [0.25, 0.3) is 0 Å². The molecule has 17 nitrogen and oxygen atoms in total. The van der Waals surface area contributed by atoms with Crippen molar-refractivity contribution in [2.45, 2.75) is 432 Å². The van der Waals surface area contributed by atoms with Crippen LogP contribution in [0.15, 0.2) is 0 Å². The summed E-state index contributed by atoms with van der Waals surface area (Å²) in [6.45, 7) is 9.58. The fourth-order valence-corrected chi connectivity index (χ4v) is 13.7. The number of phosphoric ester groups is 2. The van der Waals surface area contributed by atoms with E-state index in [-0.39, 0.29) is 25.7 Å². The third kappa shape index (κ3) is 71.1. The van der Waals surface area contributed by atoms with E-state index in [1.165, 1.54) is 225 Å². The summed E-state index contributed by atoms with van der Waals surface area (Å²) in [5.41, 5.74) is 0. The molecule has 0 rings (SSSR count). The molecule has 3 unspecified atom stereocenters. The summed E-state index contributed by atoms with van der Waals surface area (Å²) in [6.07, 6.45) is 60.1. The molecule has 0 aliphatic rings. The highest BCUT2D eigenvalue weighted by Gasteiger charge is 2.30. The van der Waals surface area contributed by atoms with Crippen molar-refractivity contribution >= 4 is 39.5 Å². The van der Waals surface area contributed by atoms with Crippen LogP contribution in [-0.2, 0) is 65.4 Å². The summed E-state index contributed by atoms with van der Waals surface area (Å²) in [6, 6.07) is 0. The standard InChI is InChI=1S/C79H154O17P2/c1-7-10-12-14-15-16-17-18-19-20-21-22-23-24-27-31-34-40-45-51-57-63-79(84)96-75(68-90-77(82)62-56-50-44-39-33-30-28-25-26-29-32-37-42-48-53-59-71(4)5)70-94-98(87,88)92-66-73(80)65-91-97(85,86)93-69-74(67-89-76(81)61-55-47-13-11-8-2)95-78(83)64-58-52-46-41-36-35-38-43-49-54-60-72(6)9-3/h71-75,80H,7-70H2,1-6H3,(H,85,86)(H,87,88)/t72?,73-,74+,75+/m0/s1. The SMILES string of the molecule is CCCCCCCCCCCCCCCCCCCCCCCC(=O)O[C@H](COC(=O)CCCCCCCCCCCCCCCCCC(C)C)COP(=O)(O)OC[C@@H](O)COP(=O)(O)OC[C@@H](COC(=O)CCCCCCC)OC(=O)CCCCCCCCCCCCC(C)CC. The van der Waals surface area contributed by atoms with Gasteiger partial charge in [-0.05, 0) is 37.5 Å². The molecular formula is C79H154O17P2. The van der Waals surface area contributed by atoms with Crippen molar-refractivity contribution in [2.24, 2.45) is 11.8 Å². The van der Waals surface area contributed by atoms with E-state index in [1.54, 1.807) is 0 Å². The van der Waals surface area contributed by atoms with Gasteiger partial charge >= 0.3 is 39.5 Å². The molecule has 0 aliphatic heterocycles. The van der Waals surface area contributed by atoms with Crippen molar-refractivity contribution in [1.29, 1.82) is 0 Å². The van der Waals surface area contributed by atoms with Gasteiger partial charge in [-0.3, -0.25) is 37.3 Å². The second kappa shape index (κ2) is 70.7. The van der Waals surface area contributed by atoms with Crippen LogP contribution in [0, 0.1) is 11.8 Å². The van der Waals surface area contributed by atoms with Crippen LogP contribution in [0.3, 0.4) is 0 Å². The maximum Gasteiger partial charge on any atom is 0.472 e. The van der Waals surface area contributed by atoms with Gasteiger partial charge in [-0.15, -0.1) is 0 Å². The van der Waals surface area contributed by atoms with Gasteiger partial charge in [-0.25, -0.2) is 9.13 Å². The van der Waals surface area contributed by atoms with E-state index in [2.05, 4.69) is 41.5 Å². The quantitative estimate of drug-likeness (QED) is 0.0222. The molecule has 0 heterocycles. The van der Waals surface area contributed by atoms with E-state index in [4.69, 9.17) is 37.0 Å². The normalized spacial score (nSPS) is 14.2. The lowest BCUT2D eigenvalue weighted by molar-refractivity contribution is -0.161. The Morgan fingerprint density at radius 1 is 0.296 bits per heavy atom. The van der Waals surface area contributed by atoms with E-state index in [0.29, 0.717) is 25.7 Å². The minimum Gasteiger partial charge on any atom is -0.462 e. The monoisotopic (exact) mass is 1440 g/mol. The topological polar surface area (TPSA) is 237 Å². The van der Waals surface area contributed by atoms with Crippen LogP contribution in [0.2, 0.25) is 0 Å². The maximum absolute atomic E-state index is 13.1. The average Bonchev–Trinajstić information content (AvgIpc) is 1.16. The van der Waals surface area contributed by atoms with Gasteiger partial charge in [0.05, 0.1) is 26.4 Å². The molecule has 0 radical (unpaired) electrons. The number of aliphatic hydroxyl groups is 1. The maximum atomic E-state index is 13.1. The molecule has 0 bridgehead atoms. The first-order valence-electron chi connectivity index (χ1n) is 41.0. The van der Waals surface area contributed by atoms with Crippen molar-refractivity contribution in [3.05, 3.63) is 0 Å². The molecule has 0 amide bonds. The highest BCUT2D eigenvalue weighted by atomic mass is 31.2. The number of phosphoric acid groups is 2. The zero-order valence-electron chi connectivity index (χ0n) is 64.1. The predicted octanol–water partition coefficient (Wildman–Crippen LogP) is 23.5. The summed E-state index contributed by atoms with van der Waals surface area (Å²) < 4.78 is 68.4. The number of esters is 4.